The Morgan fingerprint density at radius 1 is 1.00 bits per heavy atom. The first-order valence-corrected chi connectivity index (χ1v) is 8.59. The van der Waals surface area contributed by atoms with Crippen LogP contribution in [0.2, 0.25) is 5.02 Å². The molecule has 0 unspecified atom stereocenters. The van der Waals surface area contributed by atoms with Crippen LogP contribution in [0.1, 0.15) is 10.4 Å². The minimum absolute atomic E-state index is 0.0245. The number of hydrogen-bond donors (Lipinski definition) is 2. The molecule has 0 saturated carbocycles. The first kappa shape index (κ1) is 16.3. The maximum absolute atomic E-state index is 11.9. The van der Waals surface area contributed by atoms with E-state index in [0.717, 1.165) is 0 Å². The van der Waals surface area contributed by atoms with E-state index in [1.54, 1.807) is 54.6 Å². The predicted molar refractivity (Wildman–Crippen MR) is 87.6 cm³/mol. The summed E-state index contributed by atoms with van der Waals surface area (Å²) < 4.78 is 26.2. The highest BCUT2D eigenvalue weighted by atomic mass is 35.5. The van der Waals surface area contributed by atoms with Gasteiger partial charge < -0.3 is 5.32 Å². The lowest BCUT2D eigenvalue weighted by Gasteiger charge is -2.09. The summed E-state index contributed by atoms with van der Waals surface area (Å²) in [5.74, 6) is -0.518. The van der Waals surface area contributed by atoms with Crippen LogP contribution >= 0.6 is 11.6 Å². The number of benzene rings is 2. The van der Waals surface area contributed by atoms with Crippen molar-refractivity contribution in [2.75, 3.05) is 17.0 Å². The van der Waals surface area contributed by atoms with E-state index < -0.39 is 10.0 Å². The summed E-state index contributed by atoms with van der Waals surface area (Å²) in [4.78, 5) is 11.8. The summed E-state index contributed by atoms with van der Waals surface area (Å²) in [6.45, 7) is 0.0245. The molecule has 0 saturated heterocycles. The molecule has 0 aliphatic carbocycles. The van der Waals surface area contributed by atoms with Crippen LogP contribution in [-0.2, 0) is 10.0 Å². The molecule has 116 valence electrons. The molecule has 2 aromatic carbocycles. The molecule has 0 aliphatic rings. The van der Waals surface area contributed by atoms with Crippen LogP contribution in [0.15, 0.2) is 54.6 Å². The lowest BCUT2D eigenvalue weighted by molar-refractivity contribution is 0.0956. The van der Waals surface area contributed by atoms with Gasteiger partial charge in [0.25, 0.3) is 5.91 Å². The first-order valence-electron chi connectivity index (χ1n) is 6.55. The summed E-state index contributed by atoms with van der Waals surface area (Å²) in [5.41, 5.74) is 0.921. The minimum atomic E-state index is -3.53. The number of rotatable bonds is 6. The van der Waals surface area contributed by atoms with Gasteiger partial charge in [0.2, 0.25) is 10.0 Å². The average Bonchev–Trinajstić information content (AvgIpc) is 2.50. The Bertz CT molecular complexity index is 731. The molecular weight excluding hydrogens is 324 g/mol. The molecule has 0 fully saturated rings. The zero-order chi connectivity index (χ0) is 16.0. The summed E-state index contributed by atoms with van der Waals surface area (Å²) >= 11 is 5.73. The second kappa shape index (κ2) is 7.29. The van der Waals surface area contributed by atoms with Crippen molar-refractivity contribution in [3.8, 4) is 0 Å². The Balaban J connectivity index is 1.85. The molecule has 2 rings (SSSR count). The lowest BCUT2D eigenvalue weighted by Crippen LogP contribution is -2.31. The van der Waals surface area contributed by atoms with Gasteiger partial charge in [-0.15, -0.1) is 0 Å². The Labute approximate surface area is 134 Å². The minimum Gasteiger partial charge on any atom is -0.351 e. The monoisotopic (exact) mass is 338 g/mol. The highest BCUT2D eigenvalue weighted by Gasteiger charge is 2.11. The fraction of sp³-hybridized carbons (Fsp3) is 0.133. The van der Waals surface area contributed by atoms with Crippen molar-refractivity contribution in [2.24, 2.45) is 0 Å². The number of carbonyl (C=O) groups is 1. The molecule has 0 atom stereocenters. The van der Waals surface area contributed by atoms with Crippen molar-refractivity contribution >= 4 is 33.2 Å². The first-order chi connectivity index (χ1) is 10.5. The van der Waals surface area contributed by atoms with Crippen molar-refractivity contribution in [3.05, 3.63) is 65.2 Å². The summed E-state index contributed by atoms with van der Waals surface area (Å²) in [6.07, 6.45) is 0. The average molecular weight is 339 g/mol. The van der Waals surface area contributed by atoms with Crippen molar-refractivity contribution < 1.29 is 13.2 Å². The van der Waals surface area contributed by atoms with Crippen LogP contribution in [0.5, 0.6) is 0 Å². The van der Waals surface area contributed by atoms with Crippen molar-refractivity contribution in [3.63, 3.8) is 0 Å². The van der Waals surface area contributed by atoms with Gasteiger partial charge in [0.05, 0.1) is 5.75 Å². The fourth-order valence-corrected chi connectivity index (χ4v) is 2.83. The van der Waals surface area contributed by atoms with Crippen LogP contribution in [0.25, 0.3) is 0 Å². The van der Waals surface area contributed by atoms with Crippen LogP contribution in [0.3, 0.4) is 0 Å². The Morgan fingerprint density at radius 2 is 1.64 bits per heavy atom. The molecule has 0 heterocycles. The largest absolute Gasteiger partial charge is 0.351 e. The number of anilines is 1. The maximum atomic E-state index is 11.9. The molecule has 0 spiro atoms. The normalized spacial score (nSPS) is 11.0. The van der Waals surface area contributed by atoms with E-state index >= 15 is 0 Å². The van der Waals surface area contributed by atoms with E-state index in [4.69, 9.17) is 11.6 Å². The standard InChI is InChI=1S/C15H15ClN2O3S/c16-13-6-8-14(9-7-13)18-22(20,21)11-10-17-15(19)12-4-2-1-3-5-12/h1-9,18H,10-11H2,(H,17,19). The number of amides is 1. The van der Waals surface area contributed by atoms with E-state index in [1.807, 2.05) is 0 Å². The molecule has 0 bridgehead atoms. The highest BCUT2D eigenvalue weighted by molar-refractivity contribution is 7.92. The van der Waals surface area contributed by atoms with Gasteiger partial charge in [-0.05, 0) is 36.4 Å². The molecular formula is C15H15ClN2O3S. The van der Waals surface area contributed by atoms with Gasteiger partial charge in [0.1, 0.15) is 0 Å². The molecule has 5 nitrogen and oxygen atoms in total. The van der Waals surface area contributed by atoms with Gasteiger partial charge in [0, 0.05) is 22.8 Å². The number of hydrogen-bond acceptors (Lipinski definition) is 3. The van der Waals surface area contributed by atoms with E-state index in [1.165, 1.54) is 0 Å². The third-order valence-electron chi connectivity index (χ3n) is 2.81. The molecule has 7 heteroatoms. The topological polar surface area (TPSA) is 75.3 Å². The van der Waals surface area contributed by atoms with Crippen molar-refractivity contribution in [1.29, 1.82) is 0 Å². The smallest absolute Gasteiger partial charge is 0.251 e. The molecule has 2 aromatic rings. The fourth-order valence-electron chi connectivity index (χ4n) is 1.74. The van der Waals surface area contributed by atoms with Gasteiger partial charge in [-0.2, -0.15) is 0 Å². The zero-order valence-corrected chi connectivity index (χ0v) is 13.2. The number of halogens is 1. The summed E-state index contributed by atoms with van der Waals surface area (Å²) in [6, 6.07) is 14.9. The van der Waals surface area contributed by atoms with Crippen molar-refractivity contribution in [1.82, 2.24) is 5.32 Å². The molecule has 0 radical (unpaired) electrons. The van der Waals surface area contributed by atoms with Crippen LogP contribution in [-0.4, -0.2) is 26.6 Å². The van der Waals surface area contributed by atoms with Crippen LogP contribution < -0.4 is 10.0 Å². The molecule has 0 aliphatic heterocycles. The van der Waals surface area contributed by atoms with Gasteiger partial charge in [-0.3, -0.25) is 9.52 Å². The van der Waals surface area contributed by atoms with Gasteiger partial charge in [0.15, 0.2) is 0 Å². The van der Waals surface area contributed by atoms with Crippen LogP contribution in [0, 0.1) is 0 Å². The number of nitrogens with one attached hydrogen (secondary N) is 2. The van der Waals surface area contributed by atoms with E-state index in [2.05, 4.69) is 10.0 Å². The van der Waals surface area contributed by atoms with E-state index in [-0.39, 0.29) is 18.2 Å². The SMILES string of the molecule is O=C(NCCS(=O)(=O)Nc1ccc(Cl)cc1)c1ccccc1. The molecule has 2 N–H and O–H groups in total. The molecule has 0 aromatic heterocycles. The predicted octanol–water partition coefficient (Wildman–Crippen LogP) is 2.51. The Morgan fingerprint density at radius 3 is 2.27 bits per heavy atom. The molecule has 22 heavy (non-hydrogen) atoms. The number of carbonyl (C=O) groups excluding carboxylic acids is 1. The lowest BCUT2D eigenvalue weighted by atomic mass is 10.2. The van der Waals surface area contributed by atoms with E-state index in [0.29, 0.717) is 16.3 Å². The molecule has 1 amide bonds. The Kier molecular flexibility index (Phi) is 5.41. The summed E-state index contributed by atoms with van der Waals surface area (Å²) in [5, 5.41) is 3.10. The Hall–Kier alpha value is -2.05. The second-order valence-electron chi connectivity index (χ2n) is 4.55. The third kappa shape index (κ3) is 5.05. The summed E-state index contributed by atoms with van der Waals surface area (Å²) in [7, 11) is -3.53. The highest BCUT2D eigenvalue weighted by Crippen LogP contribution is 2.14. The van der Waals surface area contributed by atoms with E-state index in [9.17, 15) is 13.2 Å². The maximum Gasteiger partial charge on any atom is 0.251 e. The van der Waals surface area contributed by atoms with Gasteiger partial charge in [-0.25, -0.2) is 8.42 Å². The van der Waals surface area contributed by atoms with Gasteiger partial charge >= 0.3 is 0 Å². The second-order valence-corrected chi connectivity index (χ2v) is 6.83. The van der Waals surface area contributed by atoms with Gasteiger partial charge in [-0.1, -0.05) is 29.8 Å². The quantitative estimate of drug-likeness (QED) is 0.849. The third-order valence-corrected chi connectivity index (χ3v) is 4.35. The zero-order valence-electron chi connectivity index (χ0n) is 11.6. The number of sulfonamides is 1. The van der Waals surface area contributed by atoms with Crippen molar-refractivity contribution in [2.45, 2.75) is 0 Å². The van der Waals surface area contributed by atoms with Crippen LogP contribution in [0.4, 0.5) is 5.69 Å².